The van der Waals surface area contributed by atoms with Crippen LogP contribution in [0.4, 0.5) is 0 Å². The van der Waals surface area contributed by atoms with Gasteiger partial charge in [-0.25, -0.2) is 0 Å². The van der Waals surface area contributed by atoms with Gasteiger partial charge in [0.05, 0.1) is 18.1 Å². The molecule has 0 heterocycles. The van der Waals surface area contributed by atoms with Gasteiger partial charge in [-0.05, 0) is 115 Å². The Hall–Kier alpha value is -0.830. The largest absolute Gasteiger partial charge is 0.465 e. The van der Waals surface area contributed by atoms with Crippen molar-refractivity contribution < 1.29 is 14.6 Å². The number of rotatable bonds is 6. The molecule has 5 aliphatic rings. The van der Waals surface area contributed by atoms with Crippen molar-refractivity contribution >= 4 is 5.97 Å². The summed E-state index contributed by atoms with van der Waals surface area (Å²) >= 11 is 0. The molecule has 0 aliphatic heterocycles. The third-order valence-corrected chi connectivity index (χ3v) is 14.6. The molecule has 4 fully saturated rings. The number of carbonyl (C=O) groups is 1. The number of aliphatic hydroxyl groups is 1. The Labute approximate surface area is 240 Å². The summed E-state index contributed by atoms with van der Waals surface area (Å²) in [5.41, 5.74) is 1.91. The molecular formula is C36H60O3. The van der Waals surface area contributed by atoms with E-state index in [1.165, 1.54) is 25.7 Å². The number of unbranched alkanes of at least 4 members (excludes halogenated alkanes) is 3. The molecule has 0 spiro atoms. The lowest BCUT2D eigenvalue weighted by Gasteiger charge is -2.71. The smallest absolute Gasteiger partial charge is 0.312 e. The molecule has 0 aromatic rings. The zero-order valence-corrected chi connectivity index (χ0v) is 26.7. The van der Waals surface area contributed by atoms with Crippen LogP contribution in [0.5, 0.6) is 0 Å². The predicted octanol–water partition coefficient (Wildman–Crippen LogP) is 9.13. The molecule has 3 heteroatoms. The van der Waals surface area contributed by atoms with Gasteiger partial charge in [0.1, 0.15) is 0 Å². The first-order valence-electron chi connectivity index (χ1n) is 16.9. The normalized spacial score (nSPS) is 48.6. The van der Waals surface area contributed by atoms with Crippen molar-refractivity contribution in [1.82, 2.24) is 0 Å². The molecule has 3 nitrogen and oxygen atoms in total. The minimum absolute atomic E-state index is 0.0187. The number of ether oxygens (including phenoxy) is 1. The molecule has 0 saturated heterocycles. The van der Waals surface area contributed by atoms with Gasteiger partial charge in [0.15, 0.2) is 0 Å². The first-order chi connectivity index (χ1) is 18.3. The van der Waals surface area contributed by atoms with Crippen LogP contribution in [0.3, 0.4) is 0 Å². The number of hydrogen-bond donors (Lipinski definition) is 1. The van der Waals surface area contributed by atoms with E-state index in [1.54, 1.807) is 5.57 Å². The van der Waals surface area contributed by atoms with E-state index >= 15 is 0 Å². The Morgan fingerprint density at radius 3 is 2.38 bits per heavy atom. The molecule has 5 aliphatic carbocycles. The molecule has 0 aromatic heterocycles. The Kier molecular flexibility index (Phi) is 7.73. The van der Waals surface area contributed by atoms with E-state index in [4.69, 9.17) is 4.74 Å². The molecule has 0 radical (unpaired) electrons. The number of carbonyl (C=O) groups excluding carboxylic acids is 1. The van der Waals surface area contributed by atoms with Gasteiger partial charge in [0.2, 0.25) is 0 Å². The van der Waals surface area contributed by atoms with Crippen LogP contribution >= 0.6 is 0 Å². The maximum absolute atomic E-state index is 14.0. The molecular weight excluding hydrogens is 480 g/mol. The summed E-state index contributed by atoms with van der Waals surface area (Å²) in [4.78, 5) is 14.0. The summed E-state index contributed by atoms with van der Waals surface area (Å²) in [6.45, 7) is 20.2. The molecule has 10 atom stereocenters. The molecule has 0 aromatic carbocycles. The van der Waals surface area contributed by atoms with Crippen molar-refractivity contribution in [2.24, 2.45) is 56.7 Å². The van der Waals surface area contributed by atoms with Crippen molar-refractivity contribution in [2.45, 2.75) is 145 Å². The van der Waals surface area contributed by atoms with Gasteiger partial charge in [-0.2, -0.15) is 0 Å². The van der Waals surface area contributed by atoms with Gasteiger partial charge in [-0.3, -0.25) is 4.79 Å². The Bertz CT molecular complexity index is 966. The van der Waals surface area contributed by atoms with Gasteiger partial charge in [-0.15, -0.1) is 0 Å². The maximum Gasteiger partial charge on any atom is 0.312 e. The van der Waals surface area contributed by atoms with Crippen LogP contribution in [0.25, 0.3) is 0 Å². The van der Waals surface area contributed by atoms with Crippen molar-refractivity contribution in [3.8, 4) is 0 Å². The number of hydrogen-bond acceptors (Lipinski definition) is 3. The van der Waals surface area contributed by atoms with Gasteiger partial charge >= 0.3 is 5.97 Å². The molecule has 4 saturated carbocycles. The molecule has 5 rings (SSSR count). The SMILES string of the molecule is CCCCCCOC(=O)[C@]12CC[C@@H](C)[C@H](C)[C@H]1C1=CC[C@@H]3[C@@]4(C)CC[C@H](O)C(C)(C)C4CC[C@@]3(C)[C@]1(C)CC2. The highest BCUT2D eigenvalue weighted by molar-refractivity contribution is 5.79. The second-order valence-electron chi connectivity index (χ2n) is 16.4. The van der Waals surface area contributed by atoms with Crippen LogP contribution < -0.4 is 0 Å². The lowest BCUT2D eigenvalue weighted by Crippen LogP contribution is -2.65. The van der Waals surface area contributed by atoms with Crippen molar-refractivity contribution in [3.63, 3.8) is 0 Å². The summed E-state index contributed by atoms with van der Waals surface area (Å²) in [6.07, 6.45) is 17.0. The van der Waals surface area contributed by atoms with E-state index in [2.05, 4.69) is 61.5 Å². The molecule has 0 amide bonds. The van der Waals surface area contributed by atoms with E-state index in [0.717, 1.165) is 57.8 Å². The summed E-state index contributed by atoms with van der Waals surface area (Å²) < 4.78 is 6.15. The minimum atomic E-state index is -0.330. The number of allylic oxidation sites excluding steroid dienone is 2. The van der Waals surface area contributed by atoms with E-state index in [9.17, 15) is 9.90 Å². The molecule has 1 N–H and O–H groups in total. The Morgan fingerprint density at radius 2 is 1.67 bits per heavy atom. The monoisotopic (exact) mass is 540 g/mol. The van der Waals surface area contributed by atoms with E-state index in [1.807, 2.05) is 0 Å². The number of aliphatic hydroxyl groups excluding tert-OH is 1. The fourth-order valence-corrected chi connectivity index (χ4v) is 11.7. The Morgan fingerprint density at radius 1 is 0.923 bits per heavy atom. The summed E-state index contributed by atoms with van der Waals surface area (Å²) in [5.74, 6) is 2.80. The van der Waals surface area contributed by atoms with Crippen molar-refractivity contribution in [1.29, 1.82) is 0 Å². The standard InChI is InChI=1S/C36H60O3/c1-9-10-11-12-23-39-31(38)36-20-15-24(2)25(3)30(36)26-13-14-28-33(6)18-17-29(37)32(4,5)27(33)16-19-35(28,8)34(26,7)21-22-36/h13,24-25,27-30,37H,9-12,14-23H2,1-8H3/t24-,25+,27?,28-,29+,30+,33+,34-,35-,36+/m1/s1. The highest BCUT2D eigenvalue weighted by Crippen LogP contribution is 2.75. The average molecular weight is 541 g/mol. The van der Waals surface area contributed by atoms with Crippen molar-refractivity contribution in [3.05, 3.63) is 11.6 Å². The lowest BCUT2D eigenvalue weighted by atomic mass is 9.33. The summed E-state index contributed by atoms with van der Waals surface area (Å²) in [5, 5.41) is 11.0. The molecule has 1 unspecified atom stereocenters. The first-order valence-corrected chi connectivity index (χ1v) is 16.9. The number of esters is 1. The topological polar surface area (TPSA) is 46.5 Å². The second kappa shape index (κ2) is 10.2. The van der Waals surface area contributed by atoms with Crippen molar-refractivity contribution in [2.75, 3.05) is 6.61 Å². The van der Waals surface area contributed by atoms with Crippen LogP contribution in [-0.2, 0) is 9.53 Å². The summed E-state index contributed by atoms with van der Waals surface area (Å²) in [6, 6.07) is 0. The highest BCUT2D eigenvalue weighted by Gasteiger charge is 2.69. The van der Waals surface area contributed by atoms with Crippen LogP contribution in [-0.4, -0.2) is 23.8 Å². The third-order valence-electron chi connectivity index (χ3n) is 14.6. The van der Waals surface area contributed by atoms with Gasteiger partial charge < -0.3 is 9.84 Å². The first kappa shape index (κ1) is 29.7. The second-order valence-corrected chi connectivity index (χ2v) is 16.4. The minimum Gasteiger partial charge on any atom is -0.465 e. The van der Waals surface area contributed by atoms with E-state index in [-0.39, 0.29) is 39.1 Å². The quantitative estimate of drug-likeness (QED) is 0.207. The molecule has 222 valence electrons. The van der Waals surface area contributed by atoms with Gasteiger partial charge in [-0.1, -0.05) is 86.3 Å². The van der Waals surface area contributed by atoms with Crippen LogP contribution in [0.2, 0.25) is 0 Å². The average Bonchev–Trinajstić information content (AvgIpc) is 2.89. The molecule has 39 heavy (non-hydrogen) atoms. The lowest BCUT2D eigenvalue weighted by molar-refractivity contribution is -0.207. The molecule has 0 bridgehead atoms. The van der Waals surface area contributed by atoms with Crippen LogP contribution in [0.1, 0.15) is 139 Å². The zero-order chi connectivity index (χ0) is 28.4. The summed E-state index contributed by atoms with van der Waals surface area (Å²) in [7, 11) is 0. The third kappa shape index (κ3) is 4.16. The van der Waals surface area contributed by atoms with Gasteiger partial charge in [0.25, 0.3) is 0 Å². The van der Waals surface area contributed by atoms with E-state index in [0.29, 0.717) is 36.2 Å². The highest BCUT2D eigenvalue weighted by atomic mass is 16.5. The van der Waals surface area contributed by atoms with Gasteiger partial charge in [0, 0.05) is 0 Å². The van der Waals surface area contributed by atoms with Crippen LogP contribution in [0, 0.1) is 56.7 Å². The van der Waals surface area contributed by atoms with Crippen LogP contribution in [0.15, 0.2) is 11.6 Å². The zero-order valence-electron chi connectivity index (χ0n) is 26.7. The Balaban J connectivity index is 1.50. The predicted molar refractivity (Wildman–Crippen MR) is 160 cm³/mol. The number of fused-ring (bicyclic) bond motifs is 7. The van der Waals surface area contributed by atoms with E-state index < -0.39 is 0 Å². The fraction of sp³-hybridized carbons (Fsp3) is 0.917. The maximum atomic E-state index is 14.0. The fourth-order valence-electron chi connectivity index (χ4n) is 11.7.